The van der Waals surface area contributed by atoms with Crippen LogP contribution in [0.4, 0.5) is 5.00 Å². The van der Waals surface area contributed by atoms with Crippen LogP contribution in [0.25, 0.3) is 0 Å². The van der Waals surface area contributed by atoms with Gasteiger partial charge >= 0.3 is 0 Å². The summed E-state index contributed by atoms with van der Waals surface area (Å²) in [5.74, 6) is -0.102. The lowest BCUT2D eigenvalue weighted by molar-refractivity contribution is -0.120. The number of likely N-dealkylation sites (N-methyl/N-ethyl adjacent to an activating group) is 1. The van der Waals surface area contributed by atoms with Crippen LogP contribution in [0.15, 0.2) is 35.7 Å². The number of rotatable bonds is 5. The lowest BCUT2D eigenvalue weighted by Crippen LogP contribution is -2.39. The highest BCUT2D eigenvalue weighted by atomic mass is 32.1. The Balaban J connectivity index is 2.01. The molecule has 1 aromatic carbocycles. The summed E-state index contributed by atoms with van der Waals surface area (Å²) < 4.78 is 0. The number of nitrogens with one attached hydrogen (secondary N) is 1. The van der Waals surface area contributed by atoms with E-state index >= 15 is 0 Å². The monoisotopic (exact) mass is 313 g/mol. The van der Waals surface area contributed by atoms with E-state index in [2.05, 4.69) is 30.4 Å². The zero-order chi connectivity index (χ0) is 16.1. The predicted octanol–water partition coefficient (Wildman–Crippen LogP) is 3.39. The summed E-state index contributed by atoms with van der Waals surface area (Å²) in [7, 11) is 1.93. The molecule has 0 bridgehead atoms. The normalized spacial score (nSPS) is 12.0. The Morgan fingerprint density at radius 3 is 2.82 bits per heavy atom. The average molecular weight is 313 g/mol. The van der Waals surface area contributed by atoms with Crippen molar-refractivity contribution in [3.63, 3.8) is 0 Å². The average Bonchev–Trinajstić information content (AvgIpc) is 2.95. The van der Waals surface area contributed by atoms with Crippen molar-refractivity contribution in [3.8, 4) is 6.07 Å². The largest absolute Gasteiger partial charge is 0.315 e. The molecule has 2 aromatic rings. The molecule has 4 nitrogen and oxygen atoms in total. The van der Waals surface area contributed by atoms with Gasteiger partial charge in [0.05, 0.1) is 11.6 Å². The van der Waals surface area contributed by atoms with E-state index in [0.29, 0.717) is 17.1 Å². The Bertz CT molecular complexity index is 702. The maximum absolute atomic E-state index is 12.3. The molecule has 0 spiro atoms. The molecule has 0 radical (unpaired) electrons. The Kier molecular flexibility index (Phi) is 5.31. The highest BCUT2D eigenvalue weighted by molar-refractivity contribution is 7.14. The molecule has 114 valence electrons. The van der Waals surface area contributed by atoms with E-state index in [9.17, 15) is 4.79 Å². The van der Waals surface area contributed by atoms with Gasteiger partial charge in [-0.25, -0.2) is 0 Å². The minimum atomic E-state index is -0.284. The number of hydrogen-bond acceptors (Lipinski definition) is 4. The van der Waals surface area contributed by atoms with Crippen molar-refractivity contribution in [2.75, 3.05) is 12.4 Å². The van der Waals surface area contributed by atoms with Gasteiger partial charge in [-0.05, 0) is 43.5 Å². The van der Waals surface area contributed by atoms with Crippen LogP contribution in [-0.2, 0) is 11.3 Å². The van der Waals surface area contributed by atoms with E-state index in [1.165, 1.54) is 22.5 Å². The van der Waals surface area contributed by atoms with Gasteiger partial charge in [-0.15, -0.1) is 11.3 Å². The molecule has 1 atom stereocenters. The van der Waals surface area contributed by atoms with Gasteiger partial charge in [-0.2, -0.15) is 5.26 Å². The maximum Gasteiger partial charge on any atom is 0.242 e. The van der Waals surface area contributed by atoms with Crippen molar-refractivity contribution >= 4 is 22.2 Å². The summed E-state index contributed by atoms with van der Waals surface area (Å²) >= 11 is 1.37. The predicted molar refractivity (Wildman–Crippen MR) is 89.8 cm³/mol. The lowest BCUT2D eigenvalue weighted by atomic mass is 10.1. The Hall–Kier alpha value is -2.16. The molecule has 1 amide bonds. The first-order valence-corrected chi connectivity index (χ1v) is 7.94. The molecule has 2 rings (SSSR count). The van der Waals surface area contributed by atoms with Crippen LogP contribution < -0.4 is 5.32 Å². The fourth-order valence-electron chi connectivity index (χ4n) is 2.10. The number of amides is 1. The van der Waals surface area contributed by atoms with Gasteiger partial charge in [0.15, 0.2) is 0 Å². The number of nitrogens with zero attached hydrogens (tertiary/aromatic N) is 2. The third kappa shape index (κ3) is 3.73. The summed E-state index contributed by atoms with van der Waals surface area (Å²) in [6.07, 6.45) is 0. The third-order valence-electron chi connectivity index (χ3n) is 3.74. The molecule has 0 unspecified atom stereocenters. The lowest BCUT2D eigenvalue weighted by Gasteiger charge is -2.24. The van der Waals surface area contributed by atoms with Gasteiger partial charge in [0.1, 0.15) is 11.1 Å². The van der Waals surface area contributed by atoms with Crippen molar-refractivity contribution in [3.05, 3.63) is 52.4 Å². The molecule has 0 aliphatic rings. The topological polar surface area (TPSA) is 56.1 Å². The summed E-state index contributed by atoms with van der Waals surface area (Å²) in [5.41, 5.74) is 2.93. The van der Waals surface area contributed by atoms with Crippen molar-refractivity contribution < 1.29 is 4.79 Å². The van der Waals surface area contributed by atoms with Gasteiger partial charge in [0.2, 0.25) is 5.91 Å². The summed E-state index contributed by atoms with van der Waals surface area (Å²) in [4.78, 5) is 14.3. The SMILES string of the molecule is Cc1ccccc1CN(C)[C@H](C)C(=O)Nc1sccc1C#N. The number of thiophene rings is 1. The number of hydrogen-bond donors (Lipinski definition) is 1. The van der Waals surface area contributed by atoms with E-state index < -0.39 is 0 Å². The molecule has 0 aliphatic carbocycles. The number of carbonyl (C=O) groups is 1. The van der Waals surface area contributed by atoms with Crippen LogP contribution in [-0.4, -0.2) is 23.9 Å². The smallest absolute Gasteiger partial charge is 0.242 e. The van der Waals surface area contributed by atoms with E-state index in [4.69, 9.17) is 5.26 Å². The molecular formula is C17H19N3OS. The van der Waals surface area contributed by atoms with Crippen LogP contribution in [0.2, 0.25) is 0 Å². The van der Waals surface area contributed by atoms with Gasteiger partial charge in [-0.3, -0.25) is 9.69 Å². The second-order valence-electron chi connectivity index (χ2n) is 5.28. The van der Waals surface area contributed by atoms with Crippen molar-refractivity contribution in [2.45, 2.75) is 26.4 Å². The summed E-state index contributed by atoms with van der Waals surface area (Å²) in [5, 5.41) is 14.2. The van der Waals surface area contributed by atoms with Crippen molar-refractivity contribution in [2.24, 2.45) is 0 Å². The summed E-state index contributed by atoms with van der Waals surface area (Å²) in [6.45, 7) is 4.64. The van der Waals surface area contributed by atoms with Crippen LogP contribution in [0.3, 0.4) is 0 Å². The standard InChI is InChI=1S/C17H19N3OS/c1-12-6-4-5-7-15(12)11-20(3)13(2)16(21)19-17-14(10-18)8-9-22-17/h4-9,13H,11H2,1-3H3,(H,19,21)/t13-/m1/s1. The van der Waals surface area contributed by atoms with Crippen LogP contribution in [0.5, 0.6) is 0 Å². The fraction of sp³-hybridized carbons (Fsp3) is 0.294. The third-order valence-corrected chi connectivity index (χ3v) is 4.57. The van der Waals surface area contributed by atoms with Crippen LogP contribution in [0.1, 0.15) is 23.6 Å². The van der Waals surface area contributed by atoms with Gasteiger partial charge < -0.3 is 5.32 Å². The quantitative estimate of drug-likeness (QED) is 0.920. The first-order chi connectivity index (χ1) is 10.5. The molecule has 1 heterocycles. The van der Waals surface area contributed by atoms with Gasteiger partial charge in [-0.1, -0.05) is 24.3 Å². The molecule has 22 heavy (non-hydrogen) atoms. The van der Waals surface area contributed by atoms with Crippen molar-refractivity contribution in [1.82, 2.24) is 4.90 Å². The molecule has 1 N–H and O–H groups in total. The molecule has 1 aromatic heterocycles. The summed E-state index contributed by atoms with van der Waals surface area (Å²) in [6, 6.07) is 11.7. The van der Waals surface area contributed by atoms with E-state index in [1.807, 2.05) is 31.0 Å². The maximum atomic E-state index is 12.3. The molecule has 0 aliphatic heterocycles. The number of aryl methyl sites for hydroxylation is 1. The number of benzene rings is 1. The van der Waals surface area contributed by atoms with E-state index in [-0.39, 0.29) is 11.9 Å². The minimum absolute atomic E-state index is 0.102. The highest BCUT2D eigenvalue weighted by Gasteiger charge is 2.20. The minimum Gasteiger partial charge on any atom is -0.315 e. The zero-order valence-electron chi connectivity index (χ0n) is 13.0. The number of anilines is 1. The second-order valence-corrected chi connectivity index (χ2v) is 6.20. The fourth-order valence-corrected chi connectivity index (χ4v) is 2.84. The molecule has 5 heteroatoms. The Labute approximate surface area is 135 Å². The zero-order valence-corrected chi connectivity index (χ0v) is 13.8. The number of nitriles is 1. The van der Waals surface area contributed by atoms with Gasteiger partial charge in [0, 0.05) is 6.54 Å². The second kappa shape index (κ2) is 7.21. The van der Waals surface area contributed by atoms with E-state index in [0.717, 1.165) is 0 Å². The molecule has 0 saturated heterocycles. The van der Waals surface area contributed by atoms with Crippen molar-refractivity contribution in [1.29, 1.82) is 5.26 Å². The molecular weight excluding hydrogens is 294 g/mol. The van der Waals surface area contributed by atoms with E-state index in [1.54, 1.807) is 11.4 Å². The van der Waals surface area contributed by atoms with Crippen LogP contribution in [0, 0.1) is 18.3 Å². The first kappa shape index (κ1) is 16.2. The molecule has 0 fully saturated rings. The van der Waals surface area contributed by atoms with Crippen LogP contribution >= 0.6 is 11.3 Å². The Morgan fingerprint density at radius 1 is 1.41 bits per heavy atom. The number of carbonyl (C=O) groups excluding carboxylic acids is 1. The Morgan fingerprint density at radius 2 is 2.14 bits per heavy atom. The van der Waals surface area contributed by atoms with Gasteiger partial charge in [0.25, 0.3) is 0 Å². The first-order valence-electron chi connectivity index (χ1n) is 7.06. The molecule has 0 saturated carbocycles. The highest BCUT2D eigenvalue weighted by Crippen LogP contribution is 2.22.